The van der Waals surface area contributed by atoms with Gasteiger partial charge in [-0.25, -0.2) is 8.42 Å². The Bertz CT molecular complexity index is 750. The van der Waals surface area contributed by atoms with Gasteiger partial charge >= 0.3 is 0 Å². The summed E-state index contributed by atoms with van der Waals surface area (Å²) in [6.45, 7) is 1.12. The Kier molecular flexibility index (Phi) is 5.01. The number of hydrogen-bond acceptors (Lipinski definition) is 5. The van der Waals surface area contributed by atoms with Crippen molar-refractivity contribution in [1.29, 1.82) is 5.26 Å². The number of hydrogen-bond donors (Lipinski definition) is 1. The van der Waals surface area contributed by atoms with E-state index in [0.29, 0.717) is 17.7 Å². The lowest BCUT2D eigenvalue weighted by Gasteiger charge is -2.26. The van der Waals surface area contributed by atoms with E-state index in [2.05, 4.69) is 5.32 Å². The molecule has 2 rings (SSSR count). The van der Waals surface area contributed by atoms with Crippen LogP contribution in [-0.4, -0.2) is 49.2 Å². The van der Waals surface area contributed by atoms with Gasteiger partial charge in [0.15, 0.2) is 9.84 Å². The minimum absolute atomic E-state index is 0.0404. The largest absolute Gasteiger partial charge is 0.330 e. The van der Waals surface area contributed by atoms with Gasteiger partial charge in [-0.15, -0.1) is 0 Å². The van der Waals surface area contributed by atoms with E-state index in [4.69, 9.17) is 5.26 Å². The molecule has 8 heteroatoms. The maximum atomic E-state index is 12.1. The van der Waals surface area contributed by atoms with Crippen LogP contribution in [0.5, 0.6) is 0 Å². The number of nitrogens with one attached hydrogen (secondary N) is 1. The van der Waals surface area contributed by atoms with Crippen molar-refractivity contribution in [2.45, 2.75) is 19.4 Å². The number of nitrogens with zero attached hydrogens (tertiary/aromatic N) is 2. The molecule has 1 atom stereocenters. The molecule has 1 fully saturated rings. The fourth-order valence-electron chi connectivity index (χ4n) is 2.50. The second-order valence-electron chi connectivity index (χ2n) is 5.44. The van der Waals surface area contributed by atoms with Gasteiger partial charge in [0.1, 0.15) is 6.54 Å². The SMILES string of the molecule is CC(=O)N(CC(=O)Nc1ccc(C#N)cc1)C1CCS(=O)(=O)C1. The highest BCUT2D eigenvalue weighted by Gasteiger charge is 2.34. The zero-order valence-corrected chi connectivity index (χ0v) is 13.5. The Balaban J connectivity index is 2.01. The van der Waals surface area contributed by atoms with Crippen molar-refractivity contribution in [3.8, 4) is 6.07 Å². The smallest absolute Gasteiger partial charge is 0.244 e. The third-order valence-corrected chi connectivity index (χ3v) is 5.42. The molecule has 1 unspecified atom stereocenters. The molecule has 7 nitrogen and oxygen atoms in total. The van der Waals surface area contributed by atoms with Gasteiger partial charge in [0, 0.05) is 18.7 Å². The number of carbonyl (C=O) groups is 2. The van der Waals surface area contributed by atoms with Gasteiger partial charge in [-0.3, -0.25) is 9.59 Å². The molecule has 1 N–H and O–H groups in total. The summed E-state index contributed by atoms with van der Waals surface area (Å²) in [5.41, 5.74) is 0.987. The highest BCUT2D eigenvalue weighted by atomic mass is 32.2. The summed E-state index contributed by atoms with van der Waals surface area (Å²) in [6.07, 6.45) is 0.353. The van der Waals surface area contributed by atoms with Crippen LogP contribution in [0.15, 0.2) is 24.3 Å². The van der Waals surface area contributed by atoms with Crippen molar-refractivity contribution in [3.63, 3.8) is 0 Å². The van der Waals surface area contributed by atoms with Gasteiger partial charge in [0.05, 0.1) is 23.1 Å². The minimum Gasteiger partial charge on any atom is -0.330 e. The molecule has 23 heavy (non-hydrogen) atoms. The third-order valence-electron chi connectivity index (χ3n) is 3.67. The van der Waals surface area contributed by atoms with E-state index in [1.54, 1.807) is 24.3 Å². The second kappa shape index (κ2) is 6.79. The number of carbonyl (C=O) groups excluding carboxylic acids is 2. The molecule has 2 amide bonds. The number of rotatable bonds is 4. The second-order valence-corrected chi connectivity index (χ2v) is 7.67. The summed E-state index contributed by atoms with van der Waals surface area (Å²) >= 11 is 0. The molecule has 1 aliphatic rings. The zero-order valence-electron chi connectivity index (χ0n) is 12.7. The first-order valence-electron chi connectivity index (χ1n) is 7.08. The van der Waals surface area contributed by atoms with Crippen molar-refractivity contribution in [1.82, 2.24) is 4.90 Å². The van der Waals surface area contributed by atoms with Crippen LogP contribution in [0.3, 0.4) is 0 Å². The van der Waals surface area contributed by atoms with Crippen LogP contribution < -0.4 is 5.32 Å². The highest BCUT2D eigenvalue weighted by Crippen LogP contribution is 2.18. The lowest BCUT2D eigenvalue weighted by atomic mass is 10.2. The summed E-state index contributed by atoms with van der Waals surface area (Å²) in [7, 11) is -3.13. The molecule has 1 heterocycles. The van der Waals surface area contributed by atoms with E-state index in [-0.39, 0.29) is 24.0 Å². The molecule has 1 saturated heterocycles. The molecular weight excluding hydrogens is 318 g/mol. The first-order valence-corrected chi connectivity index (χ1v) is 8.90. The molecular formula is C15H17N3O4S. The van der Waals surface area contributed by atoms with Crippen LogP contribution >= 0.6 is 0 Å². The maximum Gasteiger partial charge on any atom is 0.244 e. The first kappa shape index (κ1) is 17.0. The molecule has 0 spiro atoms. The molecule has 0 aromatic heterocycles. The van der Waals surface area contributed by atoms with Crippen molar-refractivity contribution < 1.29 is 18.0 Å². The molecule has 0 saturated carbocycles. The van der Waals surface area contributed by atoms with E-state index >= 15 is 0 Å². The van der Waals surface area contributed by atoms with Gasteiger partial charge in [-0.05, 0) is 30.7 Å². The third kappa shape index (κ3) is 4.53. The fraction of sp³-hybridized carbons (Fsp3) is 0.400. The number of nitriles is 1. The molecule has 1 aliphatic heterocycles. The van der Waals surface area contributed by atoms with Gasteiger partial charge in [0.2, 0.25) is 11.8 Å². The van der Waals surface area contributed by atoms with Gasteiger partial charge in [-0.1, -0.05) is 0 Å². The summed E-state index contributed by atoms with van der Waals surface area (Å²) in [5.74, 6) is -0.800. The predicted octanol–water partition coefficient (Wildman–Crippen LogP) is 0.532. The molecule has 0 aliphatic carbocycles. The maximum absolute atomic E-state index is 12.1. The van der Waals surface area contributed by atoms with E-state index in [1.165, 1.54) is 11.8 Å². The number of amides is 2. The standard InChI is InChI=1S/C15H17N3O4S/c1-11(19)18(14-6-7-23(21,22)10-14)9-15(20)17-13-4-2-12(8-16)3-5-13/h2-5,14H,6-7,9-10H2,1H3,(H,17,20). The van der Waals surface area contributed by atoms with Crippen molar-refractivity contribution in [2.75, 3.05) is 23.4 Å². The van der Waals surface area contributed by atoms with Gasteiger partial charge < -0.3 is 10.2 Å². The Morgan fingerprint density at radius 1 is 1.35 bits per heavy atom. The molecule has 1 aromatic rings. The van der Waals surface area contributed by atoms with Gasteiger partial charge in [0.25, 0.3) is 0 Å². The quantitative estimate of drug-likeness (QED) is 0.864. The normalized spacial score (nSPS) is 18.9. The predicted molar refractivity (Wildman–Crippen MR) is 84.2 cm³/mol. The average Bonchev–Trinajstić information content (AvgIpc) is 2.85. The molecule has 1 aromatic carbocycles. The van der Waals surface area contributed by atoms with Crippen LogP contribution in [0.25, 0.3) is 0 Å². The Morgan fingerprint density at radius 3 is 2.48 bits per heavy atom. The van der Waals surface area contributed by atoms with E-state index in [1.807, 2.05) is 6.07 Å². The lowest BCUT2D eigenvalue weighted by molar-refractivity contribution is -0.134. The van der Waals surface area contributed by atoms with Gasteiger partial charge in [-0.2, -0.15) is 5.26 Å². The molecule has 122 valence electrons. The van der Waals surface area contributed by atoms with E-state index in [9.17, 15) is 18.0 Å². The van der Waals surface area contributed by atoms with Crippen LogP contribution in [0.1, 0.15) is 18.9 Å². The Labute approximate surface area is 134 Å². The monoisotopic (exact) mass is 335 g/mol. The van der Waals surface area contributed by atoms with Crippen molar-refractivity contribution in [3.05, 3.63) is 29.8 Å². The minimum atomic E-state index is -3.13. The number of benzene rings is 1. The van der Waals surface area contributed by atoms with Crippen molar-refractivity contribution in [2.24, 2.45) is 0 Å². The summed E-state index contributed by atoms with van der Waals surface area (Å²) in [4.78, 5) is 25.1. The van der Waals surface area contributed by atoms with Crippen LogP contribution in [0.2, 0.25) is 0 Å². The number of sulfone groups is 1. The first-order chi connectivity index (χ1) is 10.8. The topological polar surface area (TPSA) is 107 Å². The summed E-state index contributed by atoms with van der Waals surface area (Å²) < 4.78 is 23.1. The number of anilines is 1. The lowest BCUT2D eigenvalue weighted by Crippen LogP contribution is -2.44. The summed E-state index contributed by atoms with van der Waals surface area (Å²) in [6, 6.07) is 7.85. The van der Waals surface area contributed by atoms with E-state index in [0.717, 1.165) is 0 Å². The average molecular weight is 335 g/mol. The highest BCUT2D eigenvalue weighted by molar-refractivity contribution is 7.91. The fourth-order valence-corrected chi connectivity index (χ4v) is 4.23. The zero-order chi connectivity index (χ0) is 17.0. The van der Waals surface area contributed by atoms with E-state index < -0.39 is 21.8 Å². The molecule has 0 bridgehead atoms. The van der Waals surface area contributed by atoms with Crippen LogP contribution in [-0.2, 0) is 19.4 Å². The summed E-state index contributed by atoms with van der Waals surface area (Å²) in [5, 5.41) is 11.4. The van der Waals surface area contributed by atoms with Crippen molar-refractivity contribution >= 4 is 27.3 Å². The Hall–Kier alpha value is -2.40. The molecule has 0 radical (unpaired) electrons. The van der Waals surface area contributed by atoms with Crippen LogP contribution in [0.4, 0.5) is 5.69 Å². The van der Waals surface area contributed by atoms with Crippen LogP contribution in [0, 0.1) is 11.3 Å². The Morgan fingerprint density at radius 2 is 2.00 bits per heavy atom.